The van der Waals surface area contributed by atoms with Gasteiger partial charge in [0.1, 0.15) is 0 Å². The molecule has 2 rings (SSSR count). The molecule has 0 atom stereocenters. The first-order chi connectivity index (χ1) is 11.7. The average molecular weight is 339 g/mol. The maximum Gasteiger partial charge on any atom is 0.191 e. The molecule has 0 bridgehead atoms. The van der Waals surface area contributed by atoms with E-state index in [1.54, 1.807) is 0 Å². The van der Waals surface area contributed by atoms with Gasteiger partial charge in [-0.25, -0.2) is 0 Å². The van der Waals surface area contributed by atoms with Crippen LogP contribution in [0.4, 0.5) is 0 Å². The van der Waals surface area contributed by atoms with E-state index >= 15 is 0 Å². The predicted octanol–water partition coefficient (Wildman–Crippen LogP) is 2.50. The number of rotatable bonds is 7. The molecule has 2 aliphatic rings. The highest BCUT2D eigenvalue weighted by Crippen LogP contribution is 2.28. The first kappa shape index (κ1) is 19.5. The number of hydrogen-bond donors (Lipinski definition) is 3. The van der Waals surface area contributed by atoms with Gasteiger partial charge in [-0.2, -0.15) is 0 Å². The fourth-order valence-electron chi connectivity index (χ4n) is 3.81. The van der Waals surface area contributed by atoms with Gasteiger partial charge in [-0.05, 0) is 58.7 Å². The Morgan fingerprint density at radius 1 is 1.00 bits per heavy atom. The van der Waals surface area contributed by atoms with Crippen LogP contribution in [-0.2, 0) is 0 Å². The fourth-order valence-corrected chi connectivity index (χ4v) is 3.81. The molecule has 1 saturated heterocycles. The molecule has 0 aromatic carbocycles. The molecule has 2 fully saturated rings. The van der Waals surface area contributed by atoms with E-state index in [1.165, 1.54) is 51.7 Å². The second-order valence-corrected chi connectivity index (χ2v) is 7.52. The molecule has 140 valence electrons. The number of nitrogens with one attached hydrogen (secondary N) is 2. The van der Waals surface area contributed by atoms with Crippen molar-refractivity contribution in [3.63, 3.8) is 0 Å². The Kier molecular flexibility index (Phi) is 8.89. The van der Waals surface area contributed by atoms with Crippen LogP contribution in [0.5, 0.6) is 0 Å². The Hall–Kier alpha value is -0.810. The van der Waals surface area contributed by atoms with Gasteiger partial charge in [-0.3, -0.25) is 4.99 Å². The van der Waals surface area contributed by atoms with Crippen LogP contribution >= 0.6 is 0 Å². The van der Waals surface area contributed by atoms with Crippen molar-refractivity contribution in [2.75, 3.05) is 39.3 Å². The van der Waals surface area contributed by atoms with Crippen molar-refractivity contribution >= 4 is 5.96 Å². The minimum Gasteiger partial charge on any atom is -0.388 e. The molecular weight excluding hydrogens is 300 g/mol. The smallest absolute Gasteiger partial charge is 0.191 e. The number of hydrogen-bond acceptors (Lipinski definition) is 3. The highest BCUT2D eigenvalue weighted by molar-refractivity contribution is 5.79. The van der Waals surface area contributed by atoms with E-state index < -0.39 is 5.60 Å². The fraction of sp³-hybridized carbons (Fsp3) is 0.947. The van der Waals surface area contributed by atoms with Crippen LogP contribution in [0.15, 0.2) is 4.99 Å². The zero-order valence-electron chi connectivity index (χ0n) is 15.7. The SMILES string of the molecule is CCNC(=NCC1(O)CCCCC1)NCCCN1CCCCCC1. The molecule has 0 aromatic heterocycles. The van der Waals surface area contributed by atoms with Gasteiger partial charge in [-0.1, -0.05) is 32.1 Å². The lowest BCUT2D eigenvalue weighted by atomic mass is 9.85. The third-order valence-corrected chi connectivity index (χ3v) is 5.30. The predicted molar refractivity (Wildman–Crippen MR) is 102 cm³/mol. The summed E-state index contributed by atoms with van der Waals surface area (Å²) in [5.41, 5.74) is -0.577. The normalized spacial score (nSPS) is 22.8. The molecule has 0 unspecified atom stereocenters. The molecule has 5 nitrogen and oxygen atoms in total. The lowest BCUT2D eigenvalue weighted by Gasteiger charge is -2.30. The third-order valence-electron chi connectivity index (χ3n) is 5.30. The lowest BCUT2D eigenvalue weighted by Crippen LogP contribution is -2.41. The molecule has 1 heterocycles. The van der Waals surface area contributed by atoms with E-state index in [4.69, 9.17) is 0 Å². The van der Waals surface area contributed by atoms with E-state index in [0.717, 1.165) is 51.2 Å². The second-order valence-electron chi connectivity index (χ2n) is 7.52. The lowest BCUT2D eigenvalue weighted by molar-refractivity contribution is 0.0131. The molecule has 1 saturated carbocycles. The van der Waals surface area contributed by atoms with Crippen molar-refractivity contribution in [1.29, 1.82) is 0 Å². The number of nitrogens with zero attached hydrogens (tertiary/aromatic N) is 2. The molecule has 0 spiro atoms. The van der Waals surface area contributed by atoms with Crippen LogP contribution in [-0.4, -0.2) is 60.8 Å². The highest BCUT2D eigenvalue weighted by Gasteiger charge is 2.28. The van der Waals surface area contributed by atoms with Gasteiger partial charge in [0, 0.05) is 13.1 Å². The zero-order valence-corrected chi connectivity index (χ0v) is 15.7. The van der Waals surface area contributed by atoms with Crippen molar-refractivity contribution in [1.82, 2.24) is 15.5 Å². The summed E-state index contributed by atoms with van der Waals surface area (Å²) in [5, 5.41) is 17.3. The topological polar surface area (TPSA) is 59.9 Å². The van der Waals surface area contributed by atoms with Crippen molar-refractivity contribution in [3.05, 3.63) is 0 Å². The van der Waals surface area contributed by atoms with Crippen LogP contribution in [0.1, 0.15) is 71.1 Å². The Morgan fingerprint density at radius 2 is 1.67 bits per heavy atom. The van der Waals surface area contributed by atoms with Gasteiger partial charge >= 0.3 is 0 Å². The zero-order chi connectivity index (χ0) is 17.1. The Bertz CT molecular complexity index is 358. The van der Waals surface area contributed by atoms with Gasteiger partial charge < -0.3 is 20.6 Å². The van der Waals surface area contributed by atoms with Gasteiger partial charge in [0.2, 0.25) is 0 Å². The standard InChI is InChI=1S/C19H38N4O/c1-2-20-18(22-17-19(24)11-6-5-7-12-19)21-13-10-16-23-14-8-3-4-9-15-23/h24H,2-17H2,1H3,(H2,20,21,22). The van der Waals surface area contributed by atoms with Gasteiger partial charge in [-0.15, -0.1) is 0 Å². The first-order valence-corrected chi connectivity index (χ1v) is 10.2. The minimum atomic E-state index is -0.577. The summed E-state index contributed by atoms with van der Waals surface area (Å²) in [6.45, 7) is 8.12. The average Bonchev–Trinajstić information content (AvgIpc) is 2.86. The number of likely N-dealkylation sites (tertiary alicyclic amines) is 1. The number of aliphatic imine (C=N–C) groups is 1. The van der Waals surface area contributed by atoms with E-state index in [2.05, 4.69) is 27.4 Å². The van der Waals surface area contributed by atoms with Crippen LogP contribution in [0.2, 0.25) is 0 Å². The monoisotopic (exact) mass is 338 g/mol. The summed E-state index contributed by atoms with van der Waals surface area (Å²) >= 11 is 0. The van der Waals surface area contributed by atoms with Crippen LogP contribution in [0, 0.1) is 0 Å². The quantitative estimate of drug-likeness (QED) is 0.379. The molecule has 1 aliphatic heterocycles. The van der Waals surface area contributed by atoms with Crippen molar-refractivity contribution in [2.45, 2.75) is 76.7 Å². The van der Waals surface area contributed by atoms with Crippen molar-refractivity contribution in [2.24, 2.45) is 4.99 Å². The maximum absolute atomic E-state index is 10.6. The molecule has 24 heavy (non-hydrogen) atoms. The molecule has 3 N–H and O–H groups in total. The molecule has 0 aromatic rings. The van der Waals surface area contributed by atoms with E-state index in [-0.39, 0.29) is 0 Å². The Labute approximate surface area is 148 Å². The minimum absolute atomic E-state index is 0.522. The summed E-state index contributed by atoms with van der Waals surface area (Å²) in [7, 11) is 0. The largest absolute Gasteiger partial charge is 0.388 e. The van der Waals surface area contributed by atoms with E-state index in [1.807, 2.05) is 0 Å². The summed E-state index contributed by atoms with van der Waals surface area (Å²) in [4.78, 5) is 7.24. The number of aliphatic hydroxyl groups is 1. The van der Waals surface area contributed by atoms with E-state index in [9.17, 15) is 5.11 Å². The number of guanidine groups is 1. The van der Waals surface area contributed by atoms with Crippen LogP contribution in [0.3, 0.4) is 0 Å². The van der Waals surface area contributed by atoms with Crippen molar-refractivity contribution in [3.8, 4) is 0 Å². The van der Waals surface area contributed by atoms with Gasteiger partial charge in [0.05, 0.1) is 12.1 Å². The highest BCUT2D eigenvalue weighted by atomic mass is 16.3. The van der Waals surface area contributed by atoms with Crippen molar-refractivity contribution < 1.29 is 5.11 Å². The Morgan fingerprint density at radius 3 is 2.33 bits per heavy atom. The summed E-state index contributed by atoms with van der Waals surface area (Å²) in [6, 6.07) is 0. The molecular formula is C19H38N4O. The van der Waals surface area contributed by atoms with Gasteiger partial charge in [0.15, 0.2) is 5.96 Å². The Balaban J connectivity index is 1.68. The first-order valence-electron chi connectivity index (χ1n) is 10.2. The molecule has 1 aliphatic carbocycles. The maximum atomic E-state index is 10.6. The summed E-state index contributed by atoms with van der Waals surface area (Å²) < 4.78 is 0. The molecule has 0 radical (unpaired) electrons. The summed E-state index contributed by atoms with van der Waals surface area (Å²) in [6.07, 6.45) is 12.0. The molecule has 5 heteroatoms. The van der Waals surface area contributed by atoms with Crippen LogP contribution in [0.25, 0.3) is 0 Å². The third kappa shape index (κ3) is 7.39. The molecule has 0 amide bonds. The van der Waals surface area contributed by atoms with E-state index in [0.29, 0.717) is 6.54 Å². The summed E-state index contributed by atoms with van der Waals surface area (Å²) in [5.74, 6) is 0.854. The van der Waals surface area contributed by atoms with Crippen LogP contribution < -0.4 is 10.6 Å². The van der Waals surface area contributed by atoms with Gasteiger partial charge in [0.25, 0.3) is 0 Å². The second kappa shape index (κ2) is 10.9.